The number of hydrogen-bond donors (Lipinski definition) is 1. The molecule has 0 amide bonds. The fourth-order valence-electron chi connectivity index (χ4n) is 1.56. The van der Waals surface area contributed by atoms with E-state index in [9.17, 15) is 4.79 Å². The van der Waals surface area contributed by atoms with Crippen LogP contribution < -0.4 is 0 Å². The lowest BCUT2D eigenvalue weighted by Gasteiger charge is -2.04. The highest BCUT2D eigenvalue weighted by molar-refractivity contribution is 6.31. The SMILES string of the molecule is Cn1nnc(C(=O)O)c1Cc1ccccc1Cl. The van der Waals surface area contributed by atoms with Crippen LogP contribution in [-0.2, 0) is 13.5 Å². The molecule has 0 aliphatic carbocycles. The van der Waals surface area contributed by atoms with Crippen molar-refractivity contribution in [2.75, 3.05) is 0 Å². The van der Waals surface area contributed by atoms with Gasteiger partial charge in [-0.25, -0.2) is 4.79 Å². The van der Waals surface area contributed by atoms with Gasteiger partial charge in [0.1, 0.15) is 0 Å². The smallest absolute Gasteiger partial charge is 0.358 e. The van der Waals surface area contributed by atoms with E-state index in [-0.39, 0.29) is 5.69 Å². The highest BCUT2D eigenvalue weighted by atomic mass is 35.5. The topological polar surface area (TPSA) is 68.0 Å². The predicted octanol–water partition coefficient (Wildman–Crippen LogP) is 1.76. The highest BCUT2D eigenvalue weighted by Crippen LogP contribution is 2.19. The minimum absolute atomic E-state index is 0.0348. The summed E-state index contributed by atoms with van der Waals surface area (Å²) in [6.07, 6.45) is 0.394. The Morgan fingerprint density at radius 3 is 2.82 bits per heavy atom. The van der Waals surface area contributed by atoms with E-state index in [0.717, 1.165) is 5.56 Å². The molecule has 0 saturated heterocycles. The van der Waals surface area contributed by atoms with Gasteiger partial charge in [-0.2, -0.15) is 0 Å². The van der Waals surface area contributed by atoms with Gasteiger partial charge >= 0.3 is 5.97 Å². The molecule has 2 rings (SSSR count). The van der Waals surface area contributed by atoms with Crippen molar-refractivity contribution < 1.29 is 9.90 Å². The zero-order valence-electron chi connectivity index (χ0n) is 9.09. The van der Waals surface area contributed by atoms with Crippen molar-refractivity contribution in [1.29, 1.82) is 0 Å². The van der Waals surface area contributed by atoms with Crippen molar-refractivity contribution in [2.45, 2.75) is 6.42 Å². The third-order valence-electron chi connectivity index (χ3n) is 2.46. The second-order valence-electron chi connectivity index (χ2n) is 3.58. The van der Waals surface area contributed by atoms with Crippen molar-refractivity contribution in [3.63, 3.8) is 0 Å². The van der Waals surface area contributed by atoms with Crippen LogP contribution in [0.15, 0.2) is 24.3 Å². The van der Waals surface area contributed by atoms with Crippen LogP contribution in [-0.4, -0.2) is 26.1 Å². The van der Waals surface area contributed by atoms with Crippen molar-refractivity contribution in [3.05, 3.63) is 46.2 Å². The molecule has 5 nitrogen and oxygen atoms in total. The summed E-state index contributed by atoms with van der Waals surface area (Å²) in [7, 11) is 1.66. The Morgan fingerprint density at radius 1 is 1.47 bits per heavy atom. The van der Waals surface area contributed by atoms with Gasteiger partial charge in [0.2, 0.25) is 0 Å². The first-order valence-electron chi connectivity index (χ1n) is 4.95. The maximum atomic E-state index is 11.0. The molecule has 0 bridgehead atoms. The van der Waals surface area contributed by atoms with E-state index in [0.29, 0.717) is 17.1 Å². The molecule has 88 valence electrons. The van der Waals surface area contributed by atoms with Crippen LogP contribution in [0.1, 0.15) is 21.7 Å². The number of benzene rings is 1. The molecule has 2 aromatic rings. The van der Waals surface area contributed by atoms with E-state index >= 15 is 0 Å². The summed E-state index contributed by atoms with van der Waals surface area (Å²) in [5.41, 5.74) is 1.35. The van der Waals surface area contributed by atoms with Crippen LogP contribution in [0.3, 0.4) is 0 Å². The molecular weight excluding hydrogens is 242 g/mol. The molecule has 0 fully saturated rings. The van der Waals surface area contributed by atoms with Gasteiger partial charge in [0.15, 0.2) is 5.69 Å². The standard InChI is InChI=1S/C11H10ClN3O2/c1-15-9(10(11(16)17)13-14-15)6-7-4-2-3-5-8(7)12/h2-5H,6H2,1H3,(H,16,17). The lowest BCUT2D eigenvalue weighted by atomic mass is 10.1. The second-order valence-corrected chi connectivity index (χ2v) is 3.99. The molecule has 0 aliphatic heterocycles. The van der Waals surface area contributed by atoms with Gasteiger partial charge in [-0.1, -0.05) is 35.0 Å². The van der Waals surface area contributed by atoms with Crippen LogP contribution in [0, 0.1) is 0 Å². The van der Waals surface area contributed by atoms with E-state index < -0.39 is 5.97 Å². The average molecular weight is 252 g/mol. The minimum atomic E-state index is -1.08. The number of nitrogens with zero attached hydrogens (tertiary/aromatic N) is 3. The number of carbonyl (C=O) groups is 1. The average Bonchev–Trinajstić information content (AvgIpc) is 2.64. The molecule has 0 atom stereocenters. The van der Waals surface area contributed by atoms with E-state index in [4.69, 9.17) is 16.7 Å². The fourth-order valence-corrected chi connectivity index (χ4v) is 1.77. The number of carboxylic acids is 1. The molecule has 0 spiro atoms. The Morgan fingerprint density at radius 2 is 2.18 bits per heavy atom. The number of carboxylic acid groups (broad SMARTS) is 1. The Kier molecular flexibility index (Phi) is 3.10. The molecule has 0 saturated carbocycles. The molecule has 1 heterocycles. The lowest BCUT2D eigenvalue weighted by molar-refractivity contribution is 0.0689. The predicted molar refractivity (Wildman–Crippen MR) is 62.2 cm³/mol. The van der Waals surface area contributed by atoms with Gasteiger partial charge in [-0.3, -0.25) is 4.68 Å². The van der Waals surface area contributed by atoms with Crippen LogP contribution in [0.5, 0.6) is 0 Å². The number of halogens is 1. The Balaban J connectivity index is 2.39. The number of aromatic carboxylic acids is 1. The third kappa shape index (κ3) is 2.29. The van der Waals surface area contributed by atoms with E-state index in [1.54, 1.807) is 13.1 Å². The van der Waals surface area contributed by atoms with Gasteiger partial charge in [0.25, 0.3) is 0 Å². The zero-order valence-corrected chi connectivity index (χ0v) is 9.85. The zero-order chi connectivity index (χ0) is 12.4. The lowest BCUT2D eigenvalue weighted by Crippen LogP contribution is -2.06. The first-order chi connectivity index (χ1) is 8.09. The number of aryl methyl sites for hydroxylation is 1. The van der Waals surface area contributed by atoms with Gasteiger partial charge in [0.05, 0.1) is 5.69 Å². The molecule has 17 heavy (non-hydrogen) atoms. The van der Waals surface area contributed by atoms with Gasteiger partial charge in [-0.05, 0) is 11.6 Å². The van der Waals surface area contributed by atoms with E-state index in [1.807, 2.05) is 18.2 Å². The molecule has 6 heteroatoms. The number of rotatable bonds is 3. The largest absolute Gasteiger partial charge is 0.476 e. The first kappa shape index (κ1) is 11.6. The monoisotopic (exact) mass is 251 g/mol. The summed E-state index contributed by atoms with van der Waals surface area (Å²) >= 11 is 6.03. The van der Waals surface area contributed by atoms with Crippen LogP contribution in [0.4, 0.5) is 0 Å². The molecule has 0 radical (unpaired) electrons. The number of aromatic nitrogens is 3. The Labute approximate surface area is 103 Å². The summed E-state index contributed by atoms with van der Waals surface area (Å²) < 4.78 is 1.45. The summed E-state index contributed by atoms with van der Waals surface area (Å²) in [4.78, 5) is 11.0. The third-order valence-corrected chi connectivity index (χ3v) is 2.83. The maximum Gasteiger partial charge on any atom is 0.358 e. The van der Waals surface area contributed by atoms with Crippen molar-refractivity contribution in [3.8, 4) is 0 Å². The fraction of sp³-hybridized carbons (Fsp3) is 0.182. The Bertz CT molecular complexity index is 566. The Hall–Kier alpha value is -1.88. The molecule has 1 N–H and O–H groups in total. The van der Waals surface area contributed by atoms with Crippen LogP contribution in [0.2, 0.25) is 5.02 Å². The summed E-state index contributed by atoms with van der Waals surface area (Å²) in [6, 6.07) is 7.29. The van der Waals surface area contributed by atoms with Crippen molar-refractivity contribution in [2.24, 2.45) is 7.05 Å². The molecule has 0 aliphatic rings. The maximum absolute atomic E-state index is 11.0. The first-order valence-corrected chi connectivity index (χ1v) is 5.32. The van der Waals surface area contributed by atoms with Crippen molar-refractivity contribution >= 4 is 17.6 Å². The van der Waals surface area contributed by atoms with Gasteiger partial charge in [0, 0.05) is 18.5 Å². The summed E-state index contributed by atoms with van der Waals surface area (Å²) in [6.45, 7) is 0. The minimum Gasteiger partial charge on any atom is -0.476 e. The molecular formula is C11H10ClN3O2. The summed E-state index contributed by atoms with van der Waals surface area (Å²) in [5, 5.41) is 16.9. The highest BCUT2D eigenvalue weighted by Gasteiger charge is 2.18. The van der Waals surface area contributed by atoms with Crippen LogP contribution >= 0.6 is 11.6 Å². The van der Waals surface area contributed by atoms with Gasteiger partial charge in [-0.15, -0.1) is 5.10 Å². The number of hydrogen-bond acceptors (Lipinski definition) is 3. The van der Waals surface area contributed by atoms with E-state index in [2.05, 4.69) is 10.3 Å². The normalized spacial score (nSPS) is 10.5. The van der Waals surface area contributed by atoms with Crippen molar-refractivity contribution in [1.82, 2.24) is 15.0 Å². The molecule has 0 unspecified atom stereocenters. The summed E-state index contributed by atoms with van der Waals surface area (Å²) in [5.74, 6) is -1.08. The molecule has 1 aromatic heterocycles. The quantitative estimate of drug-likeness (QED) is 0.903. The van der Waals surface area contributed by atoms with Crippen LogP contribution in [0.25, 0.3) is 0 Å². The van der Waals surface area contributed by atoms with Gasteiger partial charge < -0.3 is 5.11 Å². The molecule has 1 aromatic carbocycles. The van der Waals surface area contributed by atoms with E-state index in [1.165, 1.54) is 4.68 Å². The second kappa shape index (κ2) is 4.55.